The third-order valence-corrected chi connectivity index (χ3v) is 7.02. The number of Topliss-reactive ketones (excluding diaryl/α,β-unsaturated/α-hetero) is 1. The van der Waals surface area contributed by atoms with Crippen molar-refractivity contribution in [2.45, 2.75) is 65.0 Å². The second-order valence-electron chi connectivity index (χ2n) is 9.50. The number of aryl methyl sites for hydroxylation is 2. The van der Waals surface area contributed by atoms with Crippen LogP contribution in [-0.4, -0.2) is 33.8 Å². The summed E-state index contributed by atoms with van der Waals surface area (Å²) >= 11 is 0. The fourth-order valence-electron chi connectivity index (χ4n) is 4.95. The van der Waals surface area contributed by atoms with Crippen molar-refractivity contribution < 1.29 is 23.9 Å². The van der Waals surface area contributed by atoms with Gasteiger partial charge in [-0.05, 0) is 61.8 Å². The first-order valence-electron chi connectivity index (χ1n) is 12.9. The van der Waals surface area contributed by atoms with E-state index in [0.29, 0.717) is 31.4 Å². The predicted octanol–water partition coefficient (Wildman–Crippen LogP) is 4.18. The number of carbonyl (C=O) groups is 3. The molecule has 0 saturated heterocycles. The molecular formula is C29H35N3O5. The number of carbonyl (C=O) groups excluding carboxylic acids is 3. The molecule has 0 bridgehead atoms. The number of hydrogen-bond donors (Lipinski definition) is 1. The molecule has 37 heavy (non-hydrogen) atoms. The summed E-state index contributed by atoms with van der Waals surface area (Å²) in [5, 5.41) is 0. The van der Waals surface area contributed by atoms with Gasteiger partial charge in [0.05, 0.1) is 25.1 Å². The van der Waals surface area contributed by atoms with Gasteiger partial charge in [0.1, 0.15) is 6.61 Å². The zero-order valence-corrected chi connectivity index (χ0v) is 21.5. The minimum atomic E-state index is -0.428. The molecule has 0 amide bonds. The minimum Gasteiger partial charge on any atom is -0.466 e. The van der Waals surface area contributed by atoms with E-state index < -0.39 is 5.92 Å². The number of nitrogens with two attached hydrogens (primary N) is 1. The van der Waals surface area contributed by atoms with Crippen LogP contribution in [0.1, 0.15) is 71.8 Å². The highest BCUT2D eigenvalue weighted by Crippen LogP contribution is 2.34. The van der Waals surface area contributed by atoms with E-state index in [9.17, 15) is 14.4 Å². The maximum absolute atomic E-state index is 13.2. The van der Waals surface area contributed by atoms with E-state index in [-0.39, 0.29) is 43.1 Å². The Balaban J connectivity index is 1.42. The zero-order chi connectivity index (χ0) is 26.4. The van der Waals surface area contributed by atoms with Crippen molar-refractivity contribution in [2.75, 3.05) is 12.4 Å². The fraction of sp³-hybridized carbons (Fsp3) is 0.414. The number of benzene rings is 2. The van der Waals surface area contributed by atoms with Crippen LogP contribution in [0, 0.1) is 5.92 Å². The van der Waals surface area contributed by atoms with E-state index in [4.69, 9.17) is 15.3 Å². The smallest absolute Gasteiger partial charge is 0.306 e. The van der Waals surface area contributed by atoms with E-state index >= 15 is 0 Å². The summed E-state index contributed by atoms with van der Waals surface area (Å²) in [4.78, 5) is 39.6. The quantitative estimate of drug-likeness (QED) is 0.292. The van der Waals surface area contributed by atoms with Gasteiger partial charge in [-0.2, -0.15) is 0 Å². The van der Waals surface area contributed by atoms with Crippen molar-refractivity contribution in [3.63, 3.8) is 0 Å². The molecule has 2 atom stereocenters. The zero-order valence-electron chi connectivity index (χ0n) is 21.5. The first kappa shape index (κ1) is 26.3. The molecule has 1 aromatic heterocycles. The Kier molecular flexibility index (Phi) is 8.48. The van der Waals surface area contributed by atoms with Crippen LogP contribution in [0.15, 0.2) is 54.7 Å². The number of nitrogens with zero attached hydrogens (tertiary/aromatic N) is 2. The van der Waals surface area contributed by atoms with E-state index in [0.717, 1.165) is 28.9 Å². The Morgan fingerprint density at radius 3 is 2.57 bits per heavy atom. The van der Waals surface area contributed by atoms with Gasteiger partial charge in [-0.1, -0.05) is 42.5 Å². The van der Waals surface area contributed by atoms with Crippen molar-refractivity contribution in [3.8, 4) is 0 Å². The Morgan fingerprint density at radius 2 is 1.86 bits per heavy atom. The van der Waals surface area contributed by atoms with E-state index in [1.165, 1.54) is 0 Å². The molecule has 0 spiro atoms. The number of ether oxygens (including phenoxy) is 2. The van der Waals surface area contributed by atoms with E-state index in [1.807, 2.05) is 66.3 Å². The number of nitrogen functional groups attached to an aromatic ring is 1. The molecule has 1 aliphatic carbocycles. The van der Waals surface area contributed by atoms with Crippen LogP contribution < -0.4 is 5.84 Å². The van der Waals surface area contributed by atoms with Crippen LogP contribution in [0.2, 0.25) is 0 Å². The summed E-state index contributed by atoms with van der Waals surface area (Å²) in [5.74, 6) is 4.84. The third-order valence-electron chi connectivity index (χ3n) is 7.02. The first-order valence-corrected chi connectivity index (χ1v) is 12.9. The summed E-state index contributed by atoms with van der Waals surface area (Å²) in [7, 11) is 0. The topological polar surface area (TPSA) is 106 Å². The number of hydrogen-bond acceptors (Lipinski definition) is 6. The van der Waals surface area contributed by atoms with E-state index in [1.54, 1.807) is 11.7 Å². The van der Waals surface area contributed by atoms with E-state index in [2.05, 4.69) is 0 Å². The van der Waals surface area contributed by atoms with Crippen LogP contribution >= 0.6 is 0 Å². The lowest BCUT2D eigenvalue weighted by Gasteiger charge is -2.23. The van der Waals surface area contributed by atoms with Crippen molar-refractivity contribution in [1.29, 1.82) is 0 Å². The van der Waals surface area contributed by atoms with Gasteiger partial charge in [0.2, 0.25) is 0 Å². The molecule has 8 nitrogen and oxygen atoms in total. The van der Waals surface area contributed by atoms with Crippen molar-refractivity contribution in [1.82, 2.24) is 9.47 Å². The lowest BCUT2D eigenvalue weighted by molar-refractivity contribution is -0.146. The predicted molar refractivity (Wildman–Crippen MR) is 139 cm³/mol. The summed E-state index contributed by atoms with van der Waals surface area (Å²) in [5.41, 5.74) is 4.39. The van der Waals surface area contributed by atoms with Crippen LogP contribution in [0.3, 0.4) is 0 Å². The van der Waals surface area contributed by atoms with Gasteiger partial charge in [-0.25, -0.2) is 4.79 Å². The largest absolute Gasteiger partial charge is 0.466 e. The first-order chi connectivity index (χ1) is 17.9. The van der Waals surface area contributed by atoms with Crippen LogP contribution in [0.5, 0.6) is 0 Å². The highest BCUT2D eigenvalue weighted by Gasteiger charge is 2.33. The van der Waals surface area contributed by atoms with Gasteiger partial charge in [-0.15, -0.1) is 0 Å². The number of fused-ring (bicyclic) bond motifs is 1. The molecule has 196 valence electrons. The number of rotatable bonds is 12. The minimum absolute atomic E-state index is 0.0446. The summed E-state index contributed by atoms with van der Waals surface area (Å²) in [6.45, 7) is 5.12. The third kappa shape index (κ3) is 6.31. The second-order valence-corrected chi connectivity index (χ2v) is 9.50. The van der Waals surface area contributed by atoms with Crippen LogP contribution in [0.4, 0.5) is 0 Å². The molecular weight excluding hydrogens is 470 g/mol. The molecule has 0 radical (unpaired) electrons. The Hall–Kier alpha value is -3.81. The number of aromatic nitrogens is 2. The molecule has 2 N–H and O–H groups in total. The summed E-state index contributed by atoms with van der Waals surface area (Å²) in [6, 6.07) is 15.3. The molecule has 2 unspecified atom stereocenters. The maximum atomic E-state index is 13.2. The monoisotopic (exact) mass is 505 g/mol. The lowest BCUT2D eigenvalue weighted by atomic mass is 9.88. The number of esters is 2. The summed E-state index contributed by atoms with van der Waals surface area (Å²) in [6.07, 6.45) is 4.20. The van der Waals surface area contributed by atoms with Crippen molar-refractivity contribution in [3.05, 3.63) is 82.7 Å². The van der Waals surface area contributed by atoms with Crippen LogP contribution in [-0.2, 0) is 45.1 Å². The van der Waals surface area contributed by atoms with Gasteiger partial charge in [0.15, 0.2) is 5.78 Å². The fourth-order valence-corrected chi connectivity index (χ4v) is 4.95. The number of ketones is 1. The molecule has 1 heterocycles. The van der Waals surface area contributed by atoms with Gasteiger partial charge in [0.25, 0.3) is 0 Å². The molecule has 0 fully saturated rings. The van der Waals surface area contributed by atoms with Crippen LogP contribution in [0.25, 0.3) is 0 Å². The molecule has 0 saturated carbocycles. The Bertz CT molecular complexity index is 1240. The highest BCUT2D eigenvalue weighted by atomic mass is 16.5. The highest BCUT2D eigenvalue weighted by molar-refractivity contribution is 6.03. The second kappa shape index (κ2) is 12.0. The lowest BCUT2D eigenvalue weighted by Crippen LogP contribution is -2.32. The van der Waals surface area contributed by atoms with Gasteiger partial charge in [0, 0.05) is 24.2 Å². The molecule has 1 aliphatic rings. The van der Waals surface area contributed by atoms with Gasteiger partial charge in [-0.3, -0.25) is 19.1 Å². The summed E-state index contributed by atoms with van der Waals surface area (Å²) < 4.78 is 12.5. The normalized spacial score (nSPS) is 15.4. The average Bonchev–Trinajstić information content (AvgIpc) is 3.20. The Labute approximate surface area is 217 Å². The van der Waals surface area contributed by atoms with Crippen molar-refractivity contribution in [2.24, 2.45) is 5.92 Å². The maximum Gasteiger partial charge on any atom is 0.306 e. The molecule has 0 aliphatic heterocycles. The molecule has 2 aromatic carbocycles. The van der Waals surface area contributed by atoms with Gasteiger partial charge < -0.3 is 15.3 Å². The SMILES string of the molecule is CCOC(=O)CC(CCc1cn(CC)n1N)c1ccc2c(c1)C(=O)C(CC(=O)OCc1ccccc1)C2. The molecule has 3 aromatic rings. The molecule has 8 heteroatoms. The van der Waals surface area contributed by atoms with Crippen molar-refractivity contribution >= 4 is 17.7 Å². The average molecular weight is 506 g/mol. The standard InChI is InChI=1S/C29H35N3O5/c1-3-31-18-25(32(31)30)13-12-22(16-27(33)36-4-2)21-10-11-23-14-24(29(35)26(23)15-21)17-28(34)37-19-20-8-6-5-7-9-20/h5-11,15,18,22,24H,3-4,12-14,16-17,19,30H2,1-2H3. The molecule has 4 rings (SSSR count). The van der Waals surface area contributed by atoms with Gasteiger partial charge >= 0.3 is 11.9 Å². The Morgan fingerprint density at radius 1 is 1.08 bits per heavy atom.